The van der Waals surface area contributed by atoms with Gasteiger partial charge in [0.25, 0.3) is 0 Å². The molecule has 4 heteroatoms. The third-order valence-electron chi connectivity index (χ3n) is 3.69. The molecule has 0 saturated carbocycles. The van der Waals surface area contributed by atoms with Gasteiger partial charge < -0.3 is 5.73 Å². The second-order valence-electron chi connectivity index (χ2n) is 5.15. The molecule has 2 rings (SSSR count). The van der Waals surface area contributed by atoms with Crippen LogP contribution in [0.3, 0.4) is 0 Å². The van der Waals surface area contributed by atoms with E-state index in [2.05, 4.69) is 11.2 Å². The standard InChI is InChI=1S/C15H22N2OS/c1-19-14-4-2-3-9-17(11-14)10-12-5-7-13(8-6-12)15(16)18/h5-8,14H,2-4,9-11H2,1H3,(H2,16,18)/t14-/m1/s1. The number of benzene rings is 1. The van der Waals surface area contributed by atoms with E-state index in [1.54, 1.807) is 0 Å². The molecule has 0 bridgehead atoms. The molecule has 0 aromatic heterocycles. The highest BCUT2D eigenvalue weighted by Gasteiger charge is 2.17. The van der Waals surface area contributed by atoms with Crippen molar-refractivity contribution in [3.63, 3.8) is 0 Å². The maximum Gasteiger partial charge on any atom is 0.248 e. The van der Waals surface area contributed by atoms with Crippen LogP contribution in [0.5, 0.6) is 0 Å². The Hall–Kier alpha value is -1.00. The van der Waals surface area contributed by atoms with Gasteiger partial charge >= 0.3 is 0 Å². The molecule has 1 fully saturated rings. The summed E-state index contributed by atoms with van der Waals surface area (Å²) in [4.78, 5) is 13.6. The highest BCUT2D eigenvalue weighted by atomic mass is 32.2. The van der Waals surface area contributed by atoms with Crippen molar-refractivity contribution in [3.8, 4) is 0 Å². The fraction of sp³-hybridized carbons (Fsp3) is 0.533. The van der Waals surface area contributed by atoms with Gasteiger partial charge in [-0.15, -0.1) is 0 Å². The number of primary amides is 1. The third kappa shape index (κ3) is 4.25. The number of rotatable bonds is 4. The van der Waals surface area contributed by atoms with E-state index in [0.717, 1.165) is 11.8 Å². The van der Waals surface area contributed by atoms with E-state index in [0.29, 0.717) is 5.56 Å². The predicted molar refractivity (Wildman–Crippen MR) is 81.4 cm³/mol. The van der Waals surface area contributed by atoms with Crippen LogP contribution in [0.25, 0.3) is 0 Å². The van der Waals surface area contributed by atoms with Crippen molar-refractivity contribution in [2.24, 2.45) is 5.73 Å². The Bertz CT molecular complexity index is 419. The van der Waals surface area contributed by atoms with Gasteiger partial charge in [-0.05, 0) is 43.3 Å². The zero-order valence-corrected chi connectivity index (χ0v) is 12.3. The quantitative estimate of drug-likeness (QED) is 0.920. The number of likely N-dealkylation sites (tertiary alicyclic amines) is 1. The largest absolute Gasteiger partial charge is 0.366 e. The van der Waals surface area contributed by atoms with Crippen molar-refractivity contribution >= 4 is 17.7 Å². The van der Waals surface area contributed by atoms with E-state index < -0.39 is 0 Å². The number of nitrogens with two attached hydrogens (primary N) is 1. The number of hydrogen-bond donors (Lipinski definition) is 1. The zero-order chi connectivity index (χ0) is 13.7. The lowest BCUT2D eigenvalue weighted by molar-refractivity contribution is 0.100. The highest BCUT2D eigenvalue weighted by molar-refractivity contribution is 7.99. The van der Waals surface area contributed by atoms with Gasteiger partial charge in [-0.3, -0.25) is 9.69 Å². The highest BCUT2D eigenvalue weighted by Crippen LogP contribution is 2.21. The van der Waals surface area contributed by atoms with E-state index in [1.807, 2.05) is 36.0 Å². The number of nitrogens with zero attached hydrogens (tertiary/aromatic N) is 1. The van der Waals surface area contributed by atoms with Crippen molar-refractivity contribution in [2.75, 3.05) is 19.3 Å². The van der Waals surface area contributed by atoms with Crippen LogP contribution in [0.2, 0.25) is 0 Å². The van der Waals surface area contributed by atoms with E-state index in [9.17, 15) is 4.79 Å². The van der Waals surface area contributed by atoms with Crippen LogP contribution >= 0.6 is 11.8 Å². The number of carbonyl (C=O) groups is 1. The van der Waals surface area contributed by atoms with E-state index in [4.69, 9.17) is 5.73 Å². The van der Waals surface area contributed by atoms with E-state index in [1.165, 1.54) is 37.9 Å². The molecule has 1 aromatic rings. The minimum atomic E-state index is -0.358. The Kier molecular flexibility index (Phi) is 5.28. The molecule has 1 amide bonds. The van der Waals surface area contributed by atoms with E-state index >= 15 is 0 Å². The lowest BCUT2D eigenvalue weighted by atomic mass is 10.1. The number of hydrogen-bond acceptors (Lipinski definition) is 3. The first-order valence-corrected chi connectivity index (χ1v) is 8.11. The maximum absolute atomic E-state index is 11.0. The van der Waals surface area contributed by atoms with Crippen molar-refractivity contribution in [2.45, 2.75) is 31.1 Å². The van der Waals surface area contributed by atoms with Crippen molar-refractivity contribution in [1.82, 2.24) is 4.90 Å². The van der Waals surface area contributed by atoms with Gasteiger partial charge in [-0.25, -0.2) is 0 Å². The van der Waals surface area contributed by atoms with E-state index in [-0.39, 0.29) is 5.91 Å². The molecular weight excluding hydrogens is 256 g/mol. The fourth-order valence-electron chi connectivity index (χ4n) is 2.55. The fourth-order valence-corrected chi connectivity index (χ4v) is 3.31. The molecular formula is C15H22N2OS. The zero-order valence-electron chi connectivity index (χ0n) is 11.5. The van der Waals surface area contributed by atoms with Crippen molar-refractivity contribution in [1.29, 1.82) is 0 Å². The molecule has 19 heavy (non-hydrogen) atoms. The lowest BCUT2D eigenvalue weighted by Gasteiger charge is -2.23. The summed E-state index contributed by atoms with van der Waals surface area (Å²) in [5.74, 6) is -0.358. The van der Waals surface area contributed by atoms with Gasteiger partial charge in [-0.1, -0.05) is 18.6 Å². The molecule has 1 aliphatic heterocycles. The Morgan fingerprint density at radius 3 is 2.74 bits per heavy atom. The molecule has 0 radical (unpaired) electrons. The lowest BCUT2D eigenvalue weighted by Crippen LogP contribution is -2.29. The summed E-state index contributed by atoms with van der Waals surface area (Å²) in [6.45, 7) is 3.31. The summed E-state index contributed by atoms with van der Waals surface area (Å²) < 4.78 is 0. The summed E-state index contributed by atoms with van der Waals surface area (Å²) in [6, 6.07) is 7.67. The topological polar surface area (TPSA) is 46.3 Å². The molecule has 2 N–H and O–H groups in total. The predicted octanol–water partition coefficient (Wildman–Crippen LogP) is 2.50. The second kappa shape index (κ2) is 6.96. The molecule has 104 valence electrons. The third-order valence-corrected chi connectivity index (χ3v) is 4.74. The van der Waals surface area contributed by atoms with Crippen LogP contribution in [0, 0.1) is 0 Å². The summed E-state index contributed by atoms with van der Waals surface area (Å²) in [6.07, 6.45) is 6.16. The maximum atomic E-state index is 11.0. The van der Waals surface area contributed by atoms with Crippen LogP contribution in [0.4, 0.5) is 0 Å². The molecule has 3 nitrogen and oxygen atoms in total. The molecule has 1 saturated heterocycles. The minimum absolute atomic E-state index is 0.358. The first kappa shape index (κ1) is 14.4. The summed E-state index contributed by atoms with van der Waals surface area (Å²) in [7, 11) is 0. The number of amides is 1. The van der Waals surface area contributed by atoms with Crippen LogP contribution in [-0.2, 0) is 6.54 Å². The first-order chi connectivity index (χ1) is 9.19. The molecule has 1 heterocycles. The smallest absolute Gasteiger partial charge is 0.248 e. The summed E-state index contributed by atoms with van der Waals surface area (Å²) >= 11 is 1.98. The molecule has 1 atom stereocenters. The Labute approximate surface area is 119 Å². The first-order valence-electron chi connectivity index (χ1n) is 6.83. The molecule has 0 unspecified atom stereocenters. The monoisotopic (exact) mass is 278 g/mol. The second-order valence-corrected chi connectivity index (χ2v) is 6.29. The van der Waals surface area contributed by atoms with Gasteiger partial charge in [0.05, 0.1) is 0 Å². The molecule has 0 spiro atoms. The average molecular weight is 278 g/mol. The van der Waals surface area contributed by atoms with Gasteiger partial charge in [0.15, 0.2) is 0 Å². The molecule has 1 aromatic carbocycles. The summed E-state index contributed by atoms with van der Waals surface area (Å²) in [5.41, 5.74) is 7.09. The Morgan fingerprint density at radius 1 is 1.37 bits per heavy atom. The molecule has 1 aliphatic rings. The van der Waals surface area contributed by atoms with Crippen LogP contribution in [0.1, 0.15) is 35.2 Å². The van der Waals surface area contributed by atoms with Crippen LogP contribution in [0.15, 0.2) is 24.3 Å². The van der Waals surface area contributed by atoms with Crippen LogP contribution < -0.4 is 5.73 Å². The number of thioether (sulfide) groups is 1. The van der Waals surface area contributed by atoms with Crippen molar-refractivity contribution in [3.05, 3.63) is 35.4 Å². The average Bonchev–Trinajstić information content (AvgIpc) is 2.64. The van der Waals surface area contributed by atoms with Gasteiger partial charge in [0, 0.05) is 23.9 Å². The Morgan fingerprint density at radius 2 is 2.11 bits per heavy atom. The normalized spacial score (nSPS) is 21.0. The SMILES string of the molecule is CS[C@@H]1CCCCN(Cc2ccc(C(N)=O)cc2)C1. The minimum Gasteiger partial charge on any atom is -0.366 e. The molecule has 0 aliphatic carbocycles. The van der Waals surface area contributed by atoms with Crippen molar-refractivity contribution < 1.29 is 4.79 Å². The summed E-state index contributed by atoms with van der Waals surface area (Å²) in [5, 5.41) is 0.757. The Balaban J connectivity index is 1.97. The number of carbonyl (C=O) groups excluding carboxylic acids is 1. The van der Waals surface area contributed by atoms with Gasteiger partial charge in [-0.2, -0.15) is 11.8 Å². The van der Waals surface area contributed by atoms with Crippen LogP contribution in [-0.4, -0.2) is 35.4 Å². The van der Waals surface area contributed by atoms with Gasteiger partial charge in [0.2, 0.25) is 5.91 Å². The van der Waals surface area contributed by atoms with Gasteiger partial charge in [0.1, 0.15) is 0 Å².